The summed E-state index contributed by atoms with van der Waals surface area (Å²) in [6.07, 6.45) is 6.51. The summed E-state index contributed by atoms with van der Waals surface area (Å²) >= 11 is 0. The first kappa shape index (κ1) is 13.9. The molecule has 1 unspecified atom stereocenters. The second-order valence-electron chi connectivity index (χ2n) is 4.62. The van der Waals surface area contributed by atoms with Gasteiger partial charge in [0, 0.05) is 19.8 Å². The minimum absolute atomic E-state index is 0.706. The smallest absolute Gasteiger partial charge is 0.0700 e. The Morgan fingerprint density at radius 3 is 2.62 bits per heavy atom. The Kier molecular flexibility index (Phi) is 7.81. The van der Waals surface area contributed by atoms with Gasteiger partial charge in [-0.25, -0.2) is 0 Å². The van der Waals surface area contributed by atoms with Gasteiger partial charge in [-0.15, -0.1) is 0 Å². The van der Waals surface area contributed by atoms with E-state index in [1.807, 2.05) is 0 Å². The van der Waals surface area contributed by atoms with Gasteiger partial charge in [-0.1, -0.05) is 6.92 Å². The molecule has 0 aromatic heterocycles. The summed E-state index contributed by atoms with van der Waals surface area (Å²) in [4.78, 5) is 0. The molecule has 0 aromatic carbocycles. The van der Waals surface area contributed by atoms with E-state index in [9.17, 15) is 0 Å². The third kappa shape index (κ3) is 6.46. The monoisotopic (exact) mass is 229 g/mol. The van der Waals surface area contributed by atoms with E-state index in [0.717, 1.165) is 38.1 Å². The van der Waals surface area contributed by atoms with Gasteiger partial charge in [0.05, 0.1) is 13.2 Å². The molecule has 0 radical (unpaired) electrons. The first-order chi connectivity index (χ1) is 7.88. The molecule has 16 heavy (non-hydrogen) atoms. The summed E-state index contributed by atoms with van der Waals surface area (Å²) in [5.41, 5.74) is 0. The van der Waals surface area contributed by atoms with Crippen LogP contribution in [-0.2, 0) is 9.47 Å². The van der Waals surface area contributed by atoms with Gasteiger partial charge in [-0.2, -0.15) is 0 Å². The zero-order valence-electron chi connectivity index (χ0n) is 10.8. The normalized spacial score (nSPS) is 17.6. The van der Waals surface area contributed by atoms with Crippen molar-refractivity contribution in [2.45, 2.75) is 45.1 Å². The Morgan fingerprint density at radius 2 is 2.00 bits per heavy atom. The molecule has 1 N–H and O–H groups in total. The number of methoxy groups -OCH3 is 1. The van der Waals surface area contributed by atoms with Gasteiger partial charge < -0.3 is 14.8 Å². The lowest BCUT2D eigenvalue weighted by atomic mass is 10.1. The predicted octanol–water partition coefficient (Wildman–Crippen LogP) is 2.21. The van der Waals surface area contributed by atoms with Gasteiger partial charge in [0.2, 0.25) is 0 Å². The van der Waals surface area contributed by atoms with Crippen molar-refractivity contribution in [1.82, 2.24) is 5.32 Å². The lowest BCUT2D eigenvalue weighted by Crippen LogP contribution is -2.31. The summed E-state index contributed by atoms with van der Waals surface area (Å²) in [7, 11) is 1.70. The van der Waals surface area contributed by atoms with Gasteiger partial charge in [-0.05, 0) is 44.6 Å². The standard InChI is InChI=1S/C13H27NO2/c1-3-13(12-6-7-12)14-8-4-5-9-16-11-10-15-2/h12-14H,3-11H2,1-2H3. The molecule has 1 atom stereocenters. The fourth-order valence-corrected chi connectivity index (χ4v) is 2.00. The van der Waals surface area contributed by atoms with Crippen LogP contribution >= 0.6 is 0 Å². The van der Waals surface area contributed by atoms with Gasteiger partial charge in [0.1, 0.15) is 0 Å². The fourth-order valence-electron chi connectivity index (χ4n) is 2.00. The summed E-state index contributed by atoms with van der Waals surface area (Å²) in [6, 6.07) is 0.773. The van der Waals surface area contributed by atoms with E-state index >= 15 is 0 Å². The maximum absolute atomic E-state index is 5.41. The predicted molar refractivity (Wildman–Crippen MR) is 66.7 cm³/mol. The van der Waals surface area contributed by atoms with Crippen molar-refractivity contribution in [3.63, 3.8) is 0 Å². The number of rotatable bonds is 11. The molecule has 0 heterocycles. The molecule has 3 heteroatoms. The van der Waals surface area contributed by atoms with Crippen LogP contribution in [0.1, 0.15) is 39.0 Å². The van der Waals surface area contributed by atoms with Crippen molar-refractivity contribution in [1.29, 1.82) is 0 Å². The maximum Gasteiger partial charge on any atom is 0.0700 e. The zero-order valence-corrected chi connectivity index (χ0v) is 10.8. The molecule has 1 saturated carbocycles. The van der Waals surface area contributed by atoms with Crippen molar-refractivity contribution < 1.29 is 9.47 Å². The SMILES string of the molecule is CCC(NCCCCOCCOC)C1CC1. The Hall–Kier alpha value is -0.120. The molecule has 0 spiro atoms. The summed E-state index contributed by atoms with van der Waals surface area (Å²) < 4.78 is 10.3. The van der Waals surface area contributed by atoms with Crippen LogP contribution in [0.4, 0.5) is 0 Å². The quantitative estimate of drug-likeness (QED) is 0.551. The second-order valence-corrected chi connectivity index (χ2v) is 4.62. The summed E-state index contributed by atoms with van der Waals surface area (Å²) in [5.74, 6) is 0.975. The van der Waals surface area contributed by atoms with Gasteiger partial charge >= 0.3 is 0 Å². The highest BCUT2D eigenvalue weighted by atomic mass is 16.5. The number of ether oxygens (including phenoxy) is 2. The van der Waals surface area contributed by atoms with E-state index in [0.29, 0.717) is 6.61 Å². The van der Waals surface area contributed by atoms with Crippen molar-refractivity contribution >= 4 is 0 Å². The number of unbranched alkanes of at least 4 members (excludes halogenated alkanes) is 1. The van der Waals surface area contributed by atoms with Crippen LogP contribution in [0.25, 0.3) is 0 Å². The first-order valence-corrected chi connectivity index (χ1v) is 6.68. The molecule has 1 rings (SSSR count). The molecule has 0 saturated heterocycles. The van der Waals surface area contributed by atoms with Crippen LogP contribution in [0.5, 0.6) is 0 Å². The van der Waals surface area contributed by atoms with Crippen molar-refractivity contribution in [2.75, 3.05) is 33.5 Å². The van der Waals surface area contributed by atoms with Gasteiger partial charge in [0.15, 0.2) is 0 Å². The highest BCUT2D eigenvalue weighted by Crippen LogP contribution is 2.33. The lowest BCUT2D eigenvalue weighted by molar-refractivity contribution is 0.0687. The van der Waals surface area contributed by atoms with Crippen LogP contribution in [0, 0.1) is 5.92 Å². The Morgan fingerprint density at radius 1 is 1.19 bits per heavy atom. The number of nitrogens with one attached hydrogen (secondary N) is 1. The molecule has 0 aromatic rings. The van der Waals surface area contributed by atoms with E-state index in [-0.39, 0.29) is 0 Å². The number of hydrogen-bond donors (Lipinski definition) is 1. The second kappa shape index (κ2) is 8.97. The van der Waals surface area contributed by atoms with Crippen molar-refractivity contribution in [3.8, 4) is 0 Å². The minimum Gasteiger partial charge on any atom is -0.382 e. The molecule has 1 aliphatic carbocycles. The molecular formula is C13H27NO2. The summed E-state index contributed by atoms with van der Waals surface area (Å²) in [6.45, 7) is 5.72. The highest BCUT2D eigenvalue weighted by Gasteiger charge is 2.28. The van der Waals surface area contributed by atoms with E-state index in [2.05, 4.69) is 12.2 Å². The number of hydrogen-bond acceptors (Lipinski definition) is 3. The van der Waals surface area contributed by atoms with Crippen LogP contribution in [0.2, 0.25) is 0 Å². The summed E-state index contributed by atoms with van der Waals surface area (Å²) in [5, 5.41) is 3.65. The van der Waals surface area contributed by atoms with Crippen molar-refractivity contribution in [2.24, 2.45) is 5.92 Å². The average molecular weight is 229 g/mol. The first-order valence-electron chi connectivity index (χ1n) is 6.68. The van der Waals surface area contributed by atoms with Crippen LogP contribution in [0.15, 0.2) is 0 Å². The third-order valence-corrected chi connectivity index (χ3v) is 3.18. The molecule has 96 valence electrons. The Bertz CT molecular complexity index is 160. The molecule has 1 aliphatic rings. The molecule has 0 aliphatic heterocycles. The third-order valence-electron chi connectivity index (χ3n) is 3.18. The van der Waals surface area contributed by atoms with E-state index < -0.39 is 0 Å². The van der Waals surface area contributed by atoms with Crippen LogP contribution < -0.4 is 5.32 Å². The largest absolute Gasteiger partial charge is 0.382 e. The van der Waals surface area contributed by atoms with Crippen molar-refractivity contribution in [3.05, 3.63) is 0 Å². The maximum atomic E-state index is 5.41. The highest BCUT2D eigenvalue weighted by molar-refractivity contribution is 4.85. The topological polar surface area (TPSA) is 30.5 Å². The lowest BCUT2D eigenvalue weighted by Gasteiger charge is -2.15. The fraction of sp³-hybridized carbons (Fsp3) is 1.00. The van der Waals surface area contributed by atoms with Crippen LogP contribution in [0.3, 0.4) is 0 Å². The Balaban J connectivity index is 1.80. The molecular weight excluding hydrogens is 202 g/mol. The Labute approximate surface area is 99.9 Å². The molecule has 1 fully saturated rings. The van der Waals surface area contributed by atoms with E-state index in [1.165, 1.54) is 25.7 Å². The van der Waals surface area contributed by atoms with E-state index in [4.69, 9.17) is 9.47 Å². The van der Waals surface area contributed by atoms with Gasteiger partial charge in [-0.3, -0.25) is 0 Å². The molecule has 0 amide bonds. The average Bonchev–Trinajstić information content (AvgIpc) is 3.11. The molecule has 0 bridgehead atoms. The van der Waals surface area contributed by atoms with Gasteiger partial charge in [0.25, 0.3) is 0 Å². The van der Waals surface area contributed by atoms with E-state index in [1.54, 1.807) is 7.11 Å². The molecule has 3 nitrogen and oxygen atoms in total. The zero-order chi connectivity index (χ0) is 11.6. The van der Waals surface area contributed by atoms with Crippen LogP contribution in [-0.4, -0.2) is 39.5 Å². The minimum atomic E-state index is 0.706.